The fourth-order valence-electron chi connectivity index (χ4n) is 2.17. The highest BCUT2D eigenvalue weighted by Gasteiger charge is 2.14. The van der Waals surface area contributed by atoms with Gasteiger partial charge >= 0.3 is 0 Å². The number of nitrogens with zero attached hydrogens (tertiary/aromatic N) is 1. The lowest BCUT2D eigenvalue weighted by Crippen LogP contribution is -2.16. The Morgan fingerprint density at radius 3 is 3.06 bits per heavy atom. The van der Waals surface area contributed by atoms with Crippen molar-refractivity contribution < 1.29 is 4.52 Å². The van der Waals surface area contributed by atoms with Crippen molar-refractivity contribution >= 4 is 5.69 Å². The summed E-state index contributed by atoms with van der Waals surface area (Å²) in [4.78, 5) is 0. The van der Waals surface area contributed by atoms with E-state index in [1.807, 2.05) is 6.92 Å². The molecule has 1 N–H and O–H groups in total. The Kier molecular flexibility index (Phi) is 3.65. The largest absolute Gasteiger partial charge is 0.380 e. The number of aromatic nitrogens is 1. The predicted molar refractivity (Wildman–Crippen MR) is 65.6 cm³/mol. The molecule has 3 nitrogen and oxygen atoms in total. The van der Waals surface area contributed by atoms with Crippen molar-refractivity contribution in [1.29, 1.82) is 0 Å². The Balaban J connectivity index is 1.93. The van der Waals surface area contributed by atoms with Crippen LogP contribution in [0.15, 0.2) is 16.7 Å². The molecule has 1 aromatic heterocycles. The van der Waals surface area contributed by atoms with Gasteiger partial charge in [0.05, 0.1) is 0 Å². The zero-order valence-corrected chi connectivity index (χ0v) is 10.1. The lowest BCUT2D eigenvalue weighted by atomic mass is 9.94. The van der Waals surface area contributed by atoms with Gasteiger partial charge in [0, 0.05) is 13.0 Å². The van der Waals surface area contributed by atoms with Gasteiger partial charge < -0.3 is 9.84 Å². The average molecular weight is 220 g/mol. The van der Waals surface area contributed by atoms with E-state index in [-0.39, 0.29) is 0 Å². The van der Waals surface area contributed by atoms with E-state index in [0.29, 0.717) is 0 Å². The summed E-state index contributed by atoms with van der Waals surface area (Å²) in [5.41, 5.74) is 2.08. The average Bonchev–Trinajstić information content (AvgIpc) is 2.69. The van der Waals surface area contributed by atoms with Crippen LogP contribution in [0.5, 0.6) is 0 Å². The Hall–Kier alpha value is -1.25. The van der Waals surface area contributed by atoms with Gasteiger partial charge in [-0.1, -0.05) is 24.2 Å². The summed E-state index contributed by atoms with van der Waals surface area (Å²) in [6, 6.07) is 0. The van der Waals surface area contributed by atoms with E-state index < -0.39 is 0 Å². The minimum Gasteiger partial charge on any atom is -0.380 e. The first-order valence-corrected chi connectivity index (χ1v) is 6.15. The molecule has 2 rings (SSSR count). The smallest absolute Gasteiger partial charge is 0.159 e. The van der Waals surface area contributed by atoms with Crippen molar-refractivity contribution in [3.63, 3.8) is 0 Å². The van der Waals surface area contributed by atoms with Crippen LogP contribution in [0, 0.1) is 12.8 Å². The molecular weight excluding hydrogens is 200 g/mol. The molecule has 0 aliphatic heterocycles. The van der Waals surface area contributed by atoms with Crippen molar-refractivity contribution in [2.75, 3.05) is 11.9 Å². The van der Waals surface area contributed by atoms with Gasteiger partial charge in [0.15, 0.2) is 5.76 Å². The molecule has 3 heteroatoms. The first kappa shape index (κ1) is 11.2. The summed E-state index contributed by atoms with van der Waals surface area (Å²) < 4.78 is 5.26. The first-order chi connectivity index (χ1) is 7.81. The highest BCUT2D eigenvalue weighted by molar-refractivity contribution is 5.50. The van der Waals surface area contributed by atoms with Crippen molar-refractivity contribution in [2.24, 2.45) is 5.92 Å². The van der Waals surface area contributed by atoms with Crippen LogP contribution in [-0.4, -0.2) is 11.7 Å². The molecule has 0 amide bonds. The van der Waals surface area contributed by atoms with E-state index in [0.717, 1.165) is 36.0 Å². The van der Waals surface area contributed by atoms with E-state index >= 15 is 0 Å². The minimum absolute atomic E-state index is 0.754. The number of aryl methyl sites for hydroxylation is 2. The molecule has 0 radical (unpaired) electrons. The van der Waals surface area contributed by atoms with E-state index in [2.05, 4.69) is 29.5 Å². The van der Waals surface area contributed by atoms with Crippen LogP contribution in [0.4, 0.5) is 5.69 Å². The molecule has 0 spiro atoms. The van der Waals surface area contributed by atoms with Crippen LogP contribution in [0.2, 0.25) is 0 Å². The molecule has 1 atom stereocenters. The molecule has 1 heterocycles. The van der Waals surface area contributed by atoms with E-state index in [9.17, 15) is 0 Å². The molecule has 16 heavy (non-hydrogen) atoms. The van der Waals surface area contributed by atoms with Crippen molar-refractivity contribution in [1.82, 2.24) is 5.16 Å². The molecule has 0 unspecified atom stereocenters. The number of allylic oxidation sites excluding steroid dienone is 2. The second kappa shape index (κ2) is 5.19. The highest BCUT2D eigenvalue weighted by atomic mass is 16.5. The van der Waals surface area contributed by atoms with Crippen LogP contribution < -0.4 is 5.32 Å². The molecule has 0 saturated heterocycles. The fraction of sp³-hybridized carbons (Fsp3) is 0.615. The molecule has 88 valence electrons. The van der Waals surface area contributed by atoms with Gasteiger partial charge in [-0.3, -0.25) is 0 Å². The summed E-state index contributed by atoms with van der Waals surface area (Å²) in [5.74, 6) is 1.73. The number of hydrogen-bond acceptors (Lipinski definition) is 3. The van der Waals surface area contributed by atoms with Gasteiger partial charge in [-0.25, -0.2) is 0 Å². The first-order valence-electron chi connectivity index (χ1n) is 6.15. The molecule has 0 bridgehead atoms. The van der Waals surface area contributed by atoms with Crippen LogP contribution in [0.1, 0.15) is 37.6 Å². The van der Waals surface area contributed by atoms with Gasteiger partial charge in [-0.05, 0) is 32.1 Å². The Labute approximate surface area is 96.9 Å². The van der Waals surface area contributed by atoms with E-state index in [4.69, 9.17) is 4.52 Å². The predicted octanol–water partition coefficient (Wildman–Crippen LogP) is 3.31. The van der Waals surface area contributed by atoms with Gasteiger partial charge in [-0.15, -0.1) is 0 Å². The third-order valence-electron chi connectivity index (χ3n) is 3.20. The number of anilines is 1. The zero-order valence-electron chi connectivity index (χ0n) is 10.1. The van der Waals surface area contributed by atoms with Crippen molar-refractivity contribution in [3.05, 3.63) is 23.6 Å². The quantitative estimate of drug-likeness (QED) is 0.791. The topological polar surface area (TPSA) is 38.1 Å². The number of hydrogen-bond donors (Lipinski definition) is 1. The minimum atomic E-state index is 0.754. The van der Waals surface area contributed by atoms with Gasteiger partial charge in [0.2, 0.25) is 0 Å². The molecule has 1 aromatic rings. The monoisotopic (exact) mass is 220 g/mol. The maximum absolute atomic E-state index is 5.26. The Morgan fingerprint density at radius 1 is 1.50 bits per heavy atom. The zero-order chi connectivity index (χ0) is 11.4. The lowest BCUT2D eigenvalue weighted by Gasteiger charge is -2.18. The molecular formula is C13H20N2O. The maximum Gasteiger partial charge on any atom is 0.159 e. The number of rotatable bonds is 4. The van der Waals surface area contributed by atoms with Crippen LogP contribution in [-0.2, 0) is 6.42 Å². The summed E-state index contributed by atoms with van der Waals surface area (Å²) in [5, 5.41) is 7.49. The summed E-state index contributed by atoms with van der Waals surface area (Å²) in [6.45, 7) is 5.11. The van der Waals surface area contributed by atoms with E-state index in [1.165, 1.54) is 19.3 Å². The van der Waals surface area contributed by atoms with Crippen LogP contribution >= 0.6 is 0 Å². The fourth-order valence-corrected chi connectivity index (χ4v) is 2.17. The number of nitrogens with one attached hydrogen (secondary N) is 1. The van der Waals surface area contributed by atoms with Crippen LogP contribution in [0.3, 0.4) is 0 Å². The van der Waals surface area contributed by atoms with Crippen molar-refractivity contribution in [2.45, 2.75) is 39.5 Å². The van der Waals surface area contributed by atoms with Gasteiger partial charge in [-0.2, -0.15) is 0 Å². The summed E-state index contributed by atoms with van der Waals surface area (Å²) >= 11 is 0. The molecule has 0 aromatic carbocycles. The second-order valence-corrected chi connectivity index (χ2v) is 4.45. The van der Waals surface area contributed by atoms with Crippen LogP contribution in [0.25, 0.3) is 0 Å². The second-order valence-electron chi connectivity index (χ2n) is 4.45. The Morgan fingerprint density at radius 2 is 2.38 bits per heavy atom. The summed E-state index contributed by atoms with van der Waals surface area (Å²) in [6.07, 6.45) is 9.16. The molecule has 1 aliphatic carbocycles. The van der Waals surface area contributed by atoms with Gasteiger partial charge in [0.1, 0.15) is 11.4 Å². The standard InChI is InChI=1S/C13H20N2O/c1-3-12-13(10(2)15-16-12)14-9-11-7-5-4-6-8-11/h4-5,11,14H,3,6-9H2,1-2H3/t11-/m0/s1. The summed E-state index contributed by atoms with van der Waals surface area (Å²) in [7, 11) is 0. The lowest BCUT2D eigenvalue weighted by molar-refractivity contribution is 0.383. The third kappa shape index (κ3) is 2.46. The maximum atomic E-state index is 5.26. The Bertz CT molecular complexity index is 368. The molecule has 1 aliphatic rings. The highest BCUT2D eigenvalue weighted by Crippen LogP contribution is 2.23. The third-order valence-corrected chi connectivity index (χ3v) is 3.20. The normalized spacial score (nSPS) is 20.0. The SMILES string of the molecule is CCc1onc(C)c1NC[C@H]1CC=CCC1. The van der Waals surface area contributed by atoms with Gasteiger partial charge in [0.25, 0.3) is 0 Å². The molecule has 0 fully saturated rings. The van der Waals surface area contributed by atoms with Crippen molar-refractivity contribution in [3.8, 4) is 0 Å². The van der Waals surface area contributed by atoms with E-state index in [1.54, 1.807) is 0 Å². The molecule has 0 saturated carbocycles.